The molecule has 0 aliphatic carbocycles. The van der Waals surface area contributed by atoms with Gasteiger partial charge in [0, 0.05) is 6.07 Å². The van der Waals surface area contributed by atoms with Crippen molar-refractivity contribution in [1.29, 1.82) is 0 Å². The summed E-state index contributed by atoms with van der Waals surface area (Å²) in [7, 11) is 0. The fourth-order valence-corrected chi connectivity index (χ4v) is 1.92. The Bertz CT molecular complexity index is 774. The van der Waals surface area contributed by atoms with Crippen molar-refractivity contribution in [2.75, 3.05) is 0 Å². The van der Waals surface area contributed by atoms with Crippen LogP contribution in [0.4, 0.5) is 0 Å². The van der Waals surface area contributed by atoms with E-state index in [1.165, 1.54) is 10.9 Å². The van der Waals surface area contributed by atoms with Gasteiger partial charge in [0.15, 0.2) is 11.4 Å². The molecule has 1 N–H and O–H groups in total. The van der Waals surface area contributed by atoms with Crippen molar-refractivity contribution in [2.24, 2.45) is 0 Å². The third-order valence-corrected chi connectivity index (χ3v) is 2.84. The molecule has 1 aromatic carbocycles. The highest BCUT2D eigenvalue weighted by molar-refractivity contribution is 5.89. The number of rotatable bonds is 4. The van der Waals surface area contributed by atoms with Crippen molar-refractivity contribution in [3.05, 3.63) is 60.1 Å². The molecule has 3 rings (SSSR count). The number of hydrogen-bond donors (Lipinski definition) is 1. The number of carbonyl (C=O) groups is 1. The minimum absolute atomic E-state index is 0.0896. The van der Waals surface area contributed by atoms with Crippen molar-refractivity contribution >= 4 is 5.97 Å². The number of carboxylic acids is 1. The lowest BCUT2D eigenvalue weighted by molar-refractivity contribution is 0.0683. The third-order valence-electron chi connectivity index (χ3n) is 2.84. The molecule has 0 aliphatic rings. The van der Waals surface area contributed by atoms with E-state index in [0.29, 0.717) is 17.4 Å². The third kappa shape index (κ3) is 2.51. The first-order valence-electron chi connectivity index (χ1n) is 6.26. The first kappa shape index (κ1) is 13.0. The van der Waals surface area contributed by atoms with Gasteiger partial charge in [-0.05, 0) is 25.1 Å². The number of nitrogens with zero attached hydrogens (tertiary/aromatic N) is 2. The smallest absolute Gasteiger partial charge is 0.358 e. The summed E-state index contributed by atoms with van der Waals surface area (Å²) in [5, 5.41) is 13.4. The second kappa shape index (κ2) is 5.16. The van der Waals surface area contributed by atoms with Crippen LogP contribution in [0.25, 0.3) is 5.88 Å². The van der Waals surface area contributed by atoms with Crippen LogP contribution in [0.1, 0.15) is 16.2 Å². The molecule has 106 valence electrons. The number of ether oxygens (including phenoxy) is 1. The number of para-hydroxylation sites is 1. The van der Waals surface area contributed by atoms with Crippen LogP contribution >= 0.6 is 0 Å². The molecular formula is C15H12N2O4. The maximum Gasteiger partial charge on any atom is 0.358 e. The molecule has 6 nitrogen and oxygen atoms in total. The fourth-order valence-electron chi connectivity index (χ4n) is 1.92. The van der Waals surface area contributed by atoms with Gasteiger partial charge < -0.3 is 14.3 Å². The van der Waals surface area contributed by atoms with E-state index < -0.39 is 5.97 Å². The molecule has 0 fully saturated rings. The van der Waals surface area contributed by atoms with Gasteiger partial charge in [0.2, 0.25) is 5.88 Å². The van der Waals surface area contributed by atoms with Gasteiger partial charge in [-0.15, -0.1) is 0 Å². The topological polar surface area (TPSA) is 77.5 Å². The van der Waals surface area contributed by atoms with E-state index in [-0.39, 0.29) is 11.4 Å². The number of aromatic nitrogens is 2. The minimum atomic E-state index is -1.15. The van der Waals surface area contributed by atoms with Crippen molar-refractivity contribution in [3.63, 3.8) is 0 Å². The van der Waals surface area contributed by atoms with Gasteiger partial charge in [0.25, 0.3) is 0 Å². The van der Waals surface area contributed by atoms with Gasteiger partial charge in [0.05, 0.1) is 6.20 Å². The molecule has 0 bridgehead atoms. The highest BCUT2D eigenvalue weighted by Gasteiger charge is 2.22. The lowest BCUT2D eigenvalue weighted by Crippen LogP contribution is -2.08. The normalized spacial score (nSPS) is 10.5. The van der Waals surface area contributed by atoms with Crippen LogP contribution in [-0.4, -0.2) is 20.9 Å². The van der Waals surface area contributed by atoms with Crippen molar-refractivity contribution in [3.8, 4) is 17.4 Å². The van der Waals surface area contributed by atoms with Crippen LogP contribution in [0.3, 0.4) is 0 Å². The van der Waals surface area contributed by atoms with E-state index in [9.17, 15) is 9.90 Å². The predicted octanol–water partition coefficient (Wildman–Crippen LogP) is 3.26. The van der Waals surface area contributed by atoms with Crippen LogP contribution < -0.4 is 4.74 Å². The summed E-state index contributed by atoms with van der Waals surface area (Å²) in [6.07, 6.45) is 1.36. The zero-order valence-electron chi connectivity index (χ0n) is 11.2. The van der Waals surface area contributed by atoms with Crippen LogP contribution in [-0.2, 0) is 0 Å². The van der Waals surface area contributed by atoms with Crippen LogP contribution in [0.5, 0.6) is 11.5 Å². The van der Waals surface area contributed by atoms with E-state index in [1.54, 1.807) is 43.3 Å². The summed E-state index contributed by atoms with van der Waals surface area (Å²) >= 11 is 0. The molecule has 21 heavy (non-hydrogen) atoms. The van der Waals surface area contributed by atoms with Gasteiger partial charge in [-0.25, -0.2) is 4.79 Å². The van der Waals surface area contributed by atoms with Crippen molar-refractivity contribution in [2.45, 2.75) is 6.92 Å². The van der Waals surface area contributed by atoms with E-state index in [0.717, 1.165) is 0 Å². The molecule has 6 heteroatoms. The highest BCUT2D eigenvalue weighted by Crippen LogP contribution is 2.27. The maximum atomic E-state index is 11.5. The number of benzene rings is 1. The van der Waals surface area contributed by atoms with Crippen molar-refractivity contribution < 1.29 is 19.1 Å². The average Bonchev–Trinajstić information content (AvgIpc) is 3.06. The van der Waals surface area contributed by atoms with Gasteiger partial charge in [0.1, 0.15) is 11.5 Å². The second-order valence-electron chi connectivity index (χ2n) is 4.37. The number of aromatic carboxylic acids is 1. The molecule has 0 atom stereocenters. The van der Waals surface area contributed by atoms with E-state index in [1.807, 2.05) is 6.07 Å². The highest BCUT2D eigenvalue weighted by atomic mass is 16.5. The van der Waals surface area contributed by atoms with Gasteiger partial charge >= 0.3 is 5.97 Å². The summed E-state index contributed by atoms with van der Waals surface area (Å²) in [4.78, 5) is 11.5. The Hall–Kier alpha value is -3.02. The Kier molecular flexibility index (Phi) is 3.19. The lowest BCUT2D eigenvalue weighted by atomic mass is 10.3. The fraction of sp³-hybridized carbons (Fsp3) is 0.0667. The first-order chi connectivity index (χ1) is 10.1. The summed E-state index contributed by atoms with van der Waals surface area (Å²) in [6, 6.07) is 12.3. The molecule has 3 aromatic rings. The molecule has 2 heterocycles. The Morgan fingerprint density at radius 3 is 2.62 bits per heavy atom. The summed E-state index contributed by atoms with van der Waals surface area (Å²) < 4.78 is 12.2. The number of furan rings is 1. The minimum Gasteiger partial charge on any atom is -0.476 e. The summed E-state index contributed by atoms with van der Waals surface area (Å²) in [5.41, 5.74) is -0.0896. The summed E-state index contributed by atoms with van der Waals surface area (Å²) in [5.74, 6) is 0.542. The quantitative estimate of drug-likeness (QED) is 0.795. The van der Waals surface area contributed by atoms with Gasteiger partial charge in [-0.3, -0.25) is 0 Å². The van der Waals surface area contributed by atoms with Crippen LogP contribution in [0.2, 0.25) is 0 Å². The molecule has 0 amide bonds. The Labute approximate surface area is 120 Å². The standard InChI is InChI=1S/C15H12N2O4/c1-10-7-8-13(20-10)17-14(15(18)19)12(9-16-17)21-11-5-3-2-4-6-11/h2-9H,1H3,(H,18,19). The maximum absolute atomic E-state index is 11.5. The molecular weight excluding hydrogens is 272 g/mol. The Balaban J connectivity index is 2.02. The summed E-state index contributed by atoms with van der Waals surface area (Å²) in [6.45, 7) is 1.77. The largest absolute Gasteiger partial charge is 0.476 e. The zero-order chi connectivity index (χ0) is 14.8. The molecule has 0 aliphatic heterocycles. The van der Waals surface area contributed by atoms with Gasteiger partial charge in [-0.2, -0.15) is 9.78 Å². The Morgan fingerprint density at radius 1 is 1.24 bits per heavy atom. The number of aryl methyl sites for hydroxylation is 1. The molecule has 0 radical (unpaired) electrons. The number of hydrogen-bond acceptors (Lipinski definition) is 4. The van der Waals surface area contributed by atoms with E-state index >= 15 is 0 Å². The van der Waals surface area contributed by atoms with Crippen molar-refractivity contribution in [1.82, 2.24) is 9.78 Å². The van der Waals surface area contributed by atoms with E-state index in [4.69, 9.17) is 9.15 Å². The van der Waals surface area contributed by atoms with Gasteiger partial charge in [-0.1, -0.05) is 18.2 Å². The van der Waals surface area contributed by atoms with E-state index in [2.05, 4.69) is 5.10 Å². The SMILES string of the molecule is Cc1ccc(-n2ncc(Oc3ccccc3)c2C(=O)O)o1. The second-order valence-corrected chi connectivity index (χ2v) is 4.37. The van der Waals surface area contributed by atoms with Crippen LogP contribution in [0, 0.1) is 6.92 Å². The molecule has 2 aromatic heterocycles. The average molecular weight is 284 g/mol. The molecule has 0 spiro atoms. The monoisotopic (exact) mass is 284 g/mol. The molecule has 0 unspecified atom stereocenters. The van der Waals surface area contributed by atoms with Crippen LogP contribution in [0.15, 0.2) is 53.1 Å². The lowest BCUT2D eigenvalue weighted by Gasteiger charge is -2.05. The first-order valence-corrected chi connectivity index (χ1v) is 6.26. The molecule has 0 saturated heterocycles. The predicted molar refractivity (Wildman–Crippen MR) is 74.0 cm³/mol. The Morgan fingerprint density at radius 2 is 2.00 bits per heavy atom. The zero-order valence-corrected chi connectivity index (χ0v) is 11.2. The number of carboxylic acid groups (broad SMARTS) is 1. The molecule has 0 saturated carbocycles.